The second kappa shape index (κ2) is 2.47. The molecule has 0 radical (unpaired) electrons. The van der Waals surface area contributed by atoms with E-state index >= 15 is 0 Å². The van der Waals surface area contributed by atoms with E-state index < -0.39 is 17.6 Å². The molecule has 3 nitrogen and oxygen atoms in total. The highest BCUT2D eigenvalue weighted by Gasteiger charge is 2.67. The Hall–Kier alpha value is -0.120. The van der Waals surface area contributed by atoms with Crippen LogP contribution in [0.4, 0.5) is 0 Å². The Morgan fingerprint density at radius 1 is 1.31 bits per heavy atom. The van der Waals surface area contributed by atoms with Crippen LogP contribution in [0.2, 0.25) is 0 Å². The predicted molar refractivity (Wildman–Crippen MR) is 48.0 cm³/mol. The van der Waals surface area contributed by atoms with E-state index in [1.807, 2.05) is 13.8 Å². The highest BCUT2D eigenvalue weighted by molar-refractivity contribution is 5.16. The largest absolute Gasteiger partial charge is 0.396 e. The van der Waals surface area contributed by atoms with Crippen LogP contribution in [-0.2, 0) is 0 Å². The lowest BCUT2D eigenvalue weighted by molar-refractivity contribution is -0.0822. The van der Waals surface area contributed by atoms with Gasteiger partial charge < -0.3 is 15.3 Å². The van der Waals surface area contributed by atoms with E-state index in [2.05, 4.69) is 0 Å². The normalized spacial score (nSPS) is 52.8. The van der Waals surface area contributed by atoms with Gasteiger partial charge in [-0.05, 0) is 24.2 Å². The third-order valence-electron chi connectivity index (χ3n) is 4.70. The van der Waals surface area contributed by atoms with Crippen LogP contribution in [0.15, 0.2) is 0 Å². The summed E-state index contributed by atoms with van der Waals surface area (Å²) in [5.41, 5.74) is -0.600. The molecule has 2 aliphatic carbocycles. The first kappa shape index (κ1) is 9.44. The SMILES string of the molecule is CC1(C)C2CC[C@@]1(CO)[C@H](O)[C@@H]2O. The zero-order chi connectivity index (χ0) is 9.85. The molecule has 3 heteroatoms. The summed E-state index contributed by atoms with van der Waals surface area (Å²) in [6, 6.07) is 0. The van der Waals surface area contributed by atoms with Gasteiger partial charge in [0.15, 0.2) is 0 Å². The van der Waals surface area contributed by atoms with Crippen LogP contribution < -0.4 is 0 Å². The lowest BCUT2D eigenvalue weighted by Crippen LogP contribution is -2.44. The van der Waals surface area contributed by atoms with Gasteiger partial charge in [0, 0.05) is 5.41 Å². The zero-order valence-electron chi connectivity index (χ0n) is 8.20. The molecule has 1 unspecified atom stereocenters. The molecule has 0 aromatic carbocycles. The molecule has 2 saturated carbocycles. The van der Waals surface area contributed by atoms with Crippen molar-refractivity contribution in [3.8, 4) is 0 Å². The van der Waals surface area contributed by atoms with Gasteiger partial charge in [0.05, 0.1) is 18.8 Å². The fourth-order valence-corrected chi connectivity index (χ4v) is 3.52. The molecule has 2 bridgehead atoms. The van der Waals surface area contributed by atoms with Gasteiger partial charge in [-0.1, -0.05) is 13.8 Å². The molecule has 2 rings (SSSR count). The van der Waals surface area contributed by atoms with Crippen molar-refractivity contribution in [1.29, 1.82) is 0 Å². The van der Waals surface area contributed by atoms with Crippen molar-refractivity contribution < 1.29 is 15.3 Å². The van der Waals surface area contributed by atoms with Crippen molar-refractivity contribution in [2.24, 2.45) is 16.7 Å². The predicted octanol–water partition coefficient (Wildman–Crippen LogP) is 0.137. The Labute approximate surface area is 78.4 Å². The first-order valence-corrected chi connectivity index (χ1v) is 4.94. The van der Waals surface area contributed by atoms with E-state index in [0.29, 0.717) is 0 Å². The molecule has 0 aliphatic heterocycles. The summed E-state index contributed by atoms with van der Waals surface area (Å²) in [7, 11) is 0. The van der Waals surface area contributed by atoms with Crippen LogP contribution in [0.1, 0.15) is 26.7 Å². The molecule has 0 spiro atoms. The fourth-order valence-electron chi connectivity index (χ4n) is 3.52. The number of hydrogen-bond acceptors (Lipinski definition) is 3. The van der Waals surface area contributed by atoms with E-state index in [0.717, 1.165) is 12.8 Å². The summed E-state index contributed by atoms with van der Waals surface area (Å²) < 4.78 is 0. The topological polar surface area (TPSA) is 60.7 Å². The number of aliphatic hydroxyl groups is 3. The Bertz CT molecular complexity index is 226. The Morgan fingerprint density at radius 3 is 2.23 bits per heavy atom. The molecule has 13 heavy (non-hydrogen) atoms. The van der Waals surface area contributed by atoms with E-state index in [1.54, 1.807) is 0 Å². The average molecular weight is 186 g/mol. The summed E-state index contributed by atoms with van der Waals surface area (Å²) in [4.78, 5) is 0. The molecule has 4 atom stereocenters. The van der Waals surface area contributed by atoms with Crippen molar-refractivity contribution in [2.75, 3.05) is 6.61 Å². The molecule has 0 aromatic rings. The maximum atomic E-state index is 9.86. The van der Waals surface area contributed by atoms with Crippen molar-refractivity contribution in [1.82, 2.24) is 0 Å². The van der Waals surface area contributed by atoms with Crippen LogP contribution in [0.5, 0.6) is 0 Å². The quantitative estimate of drug-likeness (QED) is 0.546. The molecule has 0 aromatic heterocycles. The average Bonchev–Trinajstić information content (AvgIpc) is 2.41. The van der Waals surface area contributed by atoms with E-state index in [-0.39, 0.29) is 17.9 Å². The van der Waals surface area contributed by atoms with Gasteiger partial charge in [-0.2, -0.15) is 0 Å². The lowest BCUT2D eigenvalue weighted by atomic mass is 9.69. The second-order valence-corrected chi connectivity index (χ2v) is 5.12. The van der Waals surface area contributed by atoms with Crippen LogP contribution >= 0.6 is 0 Å². The highest BCUT2D eigenvalue weighted by atomic mass is 16.3. The fraction of sp³-hybridized carbons (Fsp3) is 1.00. The smallest absolute Gasteiger partial charge is 0.0885 e. The van der Waals surface area contributed by atoms with E-state index in [9.17, 15) is 15.3 Å². The first-order chi connectivity index (χ1) is 5.97. The van der Waals surface area contributed by atoms with Crippen molar-refractivity contribution in [3.05, 3.63) is 0 Å². The van der Waals surface area contributed by atoms with Crippen molar-refractivity contribution in [2.45, 2.75) is 38.9 Å². The molecular formula is C10H18O3. The minimum Gasteiger partial charge on any atom is -0.396 e. The first-order valence-electron chi connectivity index (χ1n) is 4.94. The molecule has 2 aliphatic rings. The van der Waals surface area contributed by atoms with Gasteiger partial charge in [-0.3, -0.25) is 0 Å². The third-order valence-corrected chi connectivity index (χ3v) is 4.70. The molecule has 0 amide bonds. The van der Waals surface area contributed by atoms with Gasteiger partial charge in [-0.15, -0.1) is 0 Å². The summed E-state index contributed by atoms with van der Waals surface area (Å²) in [5.74, 6) is 0.148. The third kappa shape index (κ3) is 0.808. The molecule has 3 N–H and O–H groups in total. The van der Waals surface area contributed by atoms with Crippen LogP contribution in [-0.4, -0.2) is 34.1 Å². The van der Waals surface area contributed by atoms with Gasteiger partial charge in [0.1, 0.15) is 0 Å². The summed E-state index contributed by atoms with van der Waals surface area (Å²) >= 11 is 0. The Kier molecular flexibility index (Phi) is 1.79. The van der Waals surface area contributed by atoms with Crippen LogP contribution in [0.25, 0.3) is 0 Å². The van der Waals surface area contributed by atoms with Gasteiger partial charge in [0.25, 0.3) is 0 Å². The van der Waals surface area contributed by atoms with Gasteiger partial charge in [-0.25, -0.2) is 0 Å². The second-order valence-electron chi connectivity index (χ2n) is 5.12. The van der Waals surface area contributed by atoms with E-state index in [4.69, 9.17) is 0 Å². The maximum absolute atomic E-state index is 9.86. The lowest BCUT2D eigenvalue weighted by Gasteiger charge is -2.38. The number of rotatable bonds is 1. The number of aliphatic hydroxyl groups excluding tert-OH is 3. The van der Waals surface area contributed by atoms with Gasteiger partial charge >= 0.3 is 0 Å². The van der Waals surface area contributed by atoms with Crippen molar-refractivity contribution >= 4 is 0 Å². The number of fused-ring (bicyclic) bond motifs is 2. The number of hydrogen-bond donors (Lipinski definition) is 3. The molecule has 2 fully saturated rings. The molecular weight excluding hydrogens is 168 g/mol. The summed E-state index contributed by atoms with van der Waals surface area (Å²) in [6.45, 7) is 4.06. The van der Waals surface area contributed by atoms with Crippen molar-refractivity contribution in [3.63, 3.8) is 0 Å². The Balaban J connectivity index is 2.44. The van der Waals surface area contributed by atoms with Crippen LogP contribution in [0, 0.1) is 16.7 Å². The minimum atomic E-state index is -0.744. The molecule has 0 saturated heterocycles. The standard InChI is InChI=1S/C10H18O3/c1-9(2)6-3-4-10(9,5-11)8(13)7(6)12/h6-8,11-13H,3-5H2,1-2H3/t6?,7-,8-,10-/m1/s1. The summed E-state index contributed by atoms with van der Waals surface area (Å²) in [6.07, 6.45) is 0.368. The van der Waals surface area contributed by atoms with Crippen LogP contribution in [0.3, 0.4) is 0 Å². The Morgan fingerprint density at radius 2 is 1.92 bits per heavy atom. The van der Waals surface area contributed by atoms with Gasteiger partial charge in [0.2, 0.25) is 0 Å². The van der Waals surface area contributed by atoms with E-state index in [1.165, 1.54) is 0 Å². The zero-order valence-corrected chi connectivity index (χ0v) is 8.20. The molecule has 76 valence electrons. The molecule has 0 heterocycles. The monoisotopic (exact) mass is 186 g/mol. The highest BCUT2D eigenvalue weighted by Crippen LogP contribution is 2.65. The summed E-state index contributed by atoms with van der Waals surface area (Å²) in [5, 5.41) is 29.0. The minimum absolute atomic E-state index is 0.0191. The maximum Gasteiger partial charge on any atom is 0.0885 e.